The Morgan fingerprint density at radius 3 is 2.65 bits per heavy atom. The Bertz CT molecular complexity index is 522. The van der Waals surface area contributed by atoms with Gasteiger partial charge in [0.15, 0.2) is 0 Å². The molecule has 0 aliphatic carbocycles. The van der Waals surface area contributed by atoms with Crippen LogP contribution in [-0.4, -0.2) is 35.1 Å². The largest absolute Gasteiger partial charge is 0.478 e. The van der Waals surface area contributed by atoms with Crippen molar-refractivity contribution in [3.63, 3.8) is 0 Å². The molecule has 0 saturated heterocycles. The molecule has 0 saturated carbocycles. The van der Waals surface area contributed by atoms with Gasteiger partial charge in [0.1, 0.15) is 6.42 Å². The first-order valence-corrected chi connectivity index (χ1v) is 6.34. The number of alkyl halides is 3. The van der Waals surface area contributed by atoms with E-state index in [-0.39, 0.29) is 6.54 Å². The first-order chi connectivity index (χ1) is 9.17. The van der Waals surface area contributed by atoms with Crippen LogP contribution in [0, 0.1) is 0 Å². The van der Waals surface area contributed by atoms with Crippen LogP contribution in [0.3, 0.4) is 0 Å². The number of hydrogen-bond donors (Lipinski definition) is 1. The average molecular weight is 307 g/mol. The Labute approximate surface area is 117 Å². The standard InChI is InChI=1S/C12H12F3NO3S/c1-16(10(17)5-12(13,14)15)6-8-4-9(20-7-8)2-3-11(18)19/h2-4,7H,5-6H2,1H3,(H,18,19). The number of aliphatic carboxylic acids is 1. The smallest absolute Gasteiger partial charge is 0.397 e. The van der Waals surface area contributed by atoms with Crippen LogP contribution in [0.1, 0.15) is 16.9 Å². The monoisotopic (exact) mass is 307 g/mol. The molecular weight excluding hydrogens is 295 g/mol. The molecule has 0 radical (unpaired) electrons. The lowest BCUT2D eigenvalue weighted by molar-refractivity contribution is -0.160. The van der Waals surface area contributed by atoms with Gasteiger partial charge in [-0.1, -0.05) is 0 Å². The number of carboxylic acid groups (broad SMARTS) is 1. The molecule has 0 aliphatic rings. The highest BCUT2D eigenvalue weighted by atomic mass is 32.1. The maximum absolute atomic E-state index is 12.1. The Kier molecular flexibility index (Phi) is 5.32. The maximum atomic E-state index is 12.1. The maximum Gasteiger partial charge on any atom is 0.397 e. The van der Waals surface area contributed by atoms with E-state index in [9.17, 15) is 22.8 Å². The lowest BCUT2D eigenvalue weighted by atomic mass is 10.2. The van der Waals surface area contributed by atoms with Crippen molar-refractivity contribution in [2.45, 2.75) is 19.1 Å². The van der Waals surface area contributed by atoms with Crippen LogP contribution in [0.25, 0.3) is 6.08 Å². The first kappa shape index (κ1) is 16.2. The predicted molar refractivity (Wildman–Crippen MR) is 68.1 cm³/mol. The van der Waals surface area contributed by atoms with Crippen LogP contribution >= 0.6 is 11.3 Å². The summed E-state index contributed by atoms with van der Waals surface area (Å²) < 4.78 is 36.2. The molecule has 0 spiro atoms. The quantitative estimate of drug-likeness (QED) is 0.851. The lowest BCUT2D eigenvalue weighted by Gasteiger charge is -2.17. The van der Waals surface area contributed by atoms with E-state index >= 15 is 0 Å². The molecule has 0 aliphatic heterocycles. The summed E-state index contributed by atoms with van der Waals surface area (Å²) >= 11 is 1.25. The summed E-state index contributed by atoms with van der Waals surface area (Å²) in [6, 6.07) is 1.63. The number of carbonyl (C=O) groups excluding carboxylic acids is 1. The number of amides is 1. The van der Waals surface area contributed by atoms with E-state index in [2.05, 4.69) is 0 Å². The van der Waals surface area contributed by atoms with Gasteiger partial charge in [0.2, 0.25) is 5.91 Å². The van der Waals surface area contributed by atoms with Crippen molar-refractivity contribution in [2.24, 2.45) is 0 Å². The van der Waals surface area contributed by atoms with Crippen molar-refractivity contribution in [1.82, 2.24) is 4.90 Å². The Hall–Kier alpha value is -1.83. The molecule has 1 N–H and O–H groups in total. The van der Waals surface area contributed by atoms with Crippen LogP contribution in [0.15, 0.2) is 17.5 Å². The third kappa shape index (κ3) is 5.87. The molecule has 0 atom stereocenters. The van der Waals surface area contributed by atoms with E-state index in [1.807, 2.05) is 0 Å². The number of carboxylic acids is 1. The fourth-order valence-electron chi connectivity index (χ4n) is 1.39. The number of rotatable bonds is 5. The summed E-state index contributed by atoms with van der Waals surface area (Å²) in [5.74, 6) is -2.09. The molecular formula is C12H12F3NO3S. The molecule has 1 rings (SSSR count). The molecule has 1 amide bonds. The van der Waals surface area contributed by atoms with Crippen LogP contribution in [0.5, 0.6) is 0 Å². The molecule has 0 fully saturated rings. The van der Waals surface area contributed by atoms with Gasteiger partial charge >= 0.3 is 12.1 Å². The van der Waals surface area contributed by atoms with Crippen molar-refractivity contribution in [3.05, 3.63) is 28.0 Å². The first-order valence-electron chi connectivity index (χ1n) is 5.46. The van der Waals surface area contributed by atoms with Gasteiger partial charge in [0.05, 0.1) is 0 Å². The number of hydrogen-bond acceptors (Lipinski definition) is 3. The van der Waals surface area contributed by atoms with Crippen LogP contribution in [0.2, 0.25) is 0 Å². The summed E-state index contributed by atoms with van der Waals surface area (Å²) in [5, 5.41) is 10.1. The average Bonchev–Trinajstić information content (AvgIpc) is 2.71. The number of halogens is 3. The summed E-state index contributed by atoms with van der Waals surface area (Å²) in [4.78, 5) is 23.3. The van der Waals surface area contributed by atoms with Crippen molar-refractivity contribution < 1.29 is 27.9 Å². The van der Waals surface area contributed by atoms with E-state index in [0.717, 1.165) is 11.0 Å². The van der Waals surface area contributed by atoms with Gasteiger partial charge in [-0.3, -0.25) is 4.79 Å². The summed E-state index contributed by atoms with van der Waals surface area (Å²) in [6.07, 6.45) is -3.66. The summed E-state index contributed by atoms with van der Waals surface area (Å²) in [5.41, 5.74) is 0.651. The van der Waals surface area contributed by atoms with Gasteiger partial charge in [0, 0.05) is 24.5 Å². The third-order valence-corrected chi connectivity index (χ3v) is 3.21. The molecule has 1 aromatic rings. The molecule has 0 aromatic carbocycles. The highest BCUT2D eigenvalue weighted by Gasteiger charge is 2.32. The van der Waals surface area contributed by atoms with Gasteiger partial charge in [0.25, 0.3) is 0 Å². The second kappa shape index (κ2) is 6.56. The second-order valence-electron chi connectivity index (χ2n) is 4.07. The molecule has 1 heterocycles. The molecule has 110 valence electrons. The van der Waals surface area contributed by atoms with Gasteiger partial charge < -0.3 is 10.0 Å². The summed E-state index contributed by atoms with van der Waals surface area (Å²) in [6.45, 7) is 0.0479. The minimum absolute atomic E-state index is 0.0479. The number of carbonyl (C=O) groups is 2. The third-order valence-electron chi connectivity index (χ3n) is 2.26. The number of nitrogens with zero attached hydrogens (tertiary/aromatic N) is 1. The molecule has 0 bridgehead atoms. The van der Waals surface area contributed by atoms with E-state index in [1.165, 1.54) is 24.5 Å². The van der Waals surface area contributed by atoms with E-state index < -0.39 is 24.5 Å². The van der Waals surface area contributed by atoms with Gasteiger partial charge in [-0.05, 0) is 23.1 Å². The van der Waals surface area contributed by atoms with Crippen molar-refractivity contribution >= 4 is 29.3 Å². The Morgan fingerprint density at radius 2 is 2.10 bits per heavy atom. The minimum atomic E-state index is -4.52. The van der Waals surface area contributed by atoms with Crippen LogP contribution in [0.4, 0.5) is 13.2 Å². The van der Waals surface area contributed by atoms with Gasteiger partial charge in [-0.15, -0.1) is 11.3 Å². The van der Waals surface area contributed by atoms with Crippen LogP contribution in [-0.2, 0) is 16.1 Å². The molecule has 4 nitrogen and oxygen atoms in total. The van der Waals surface area contributed by atoms with E-state index in [4.69, 9.17) is 5.11 Å². The zero-order valence-electron chi connectivity index (χ0n) is 10.5. The molecule has 0 unspecified atom stereocenters. The van der Waals surface area contributed by atoms with E-state index in [0.29, 0.717) is 10.4 Å². The zero-order chi connectivity index (χ0) is 15.3. The number of thiophene rings is 1. The predicted octanol–water partition coefficient (Wildman–Crippen LogP) is 2.76. The summed E-state index contributed by atoms with van der Waals surface area (Å²) in [7, 11) is 1.29. The Morgan fingerprint density at radius 1 is 1.45 bits per heavy atom. The highest BCUT2D eigenvalue weighted by Crippen LogP contribution is 2.22. The van der Waals surface area contributed by atoms with Crippen LogP contribution < -0.4 is 0 Å². The SMILES string of the molecule is CN(Cc1csc(C=CC(=O)O)c1)C(=O)CC(F)(F)F. The van der Waals surface area contributed by atoms with Gasteiger partial charge in [-0.2, -0.15) is 13.2 Å². The molecule has 1 aromatic heterocycles. The molecule has 20 heavy (non-hydrogen) atoms. The lowest BCUT2D eigenvalue weighted by Crippen LogP contribution is -2.30. The Balaban J connectivity index is 2.60. The highest BCUT2D eigenvalue weighted by molar-refractivity contribution is 7.11. The minimum Gasteiger partial charge on any atom is -0.478 e. The van der Waals surface area contributed by atoms with Crippen molar-refractivity contribution in [1.29, 1.82) is 0 Å². The molecule has 8 heteroatoms. The normalized spacial score (nSPS) is 11.8. The topological polar surface area (TPSA) is 57.6 Å². The van der Waals surface area contributed by atoms with Crippen molar-refractivity contribution in [3.8, 4) is 0 Å². The fourth-order valence-corrected chi connectivity index (χ4v) is 2.18. The van der Waals surface area contributed by atoms with E-state index in [1.54, 1.807) is 11.4 Å². The van der Waals surface area contributed by atoms with Gasteiger partial charge in [-0.25, -0.2) is 4.79 Å². The second-order valence-corrected chi connectivity index (χ2v) is 5.01. The zero-order valence-corrected chi connectivity index (χ0v) is 11.3. The van der Waals surface area contributed by atoms with Crippen molar-refractivity contribution in [2.75, 3.05) is 7.05 Å². The fraction of sp³-hybridized carbons (Fsp3) is 0.333.